The van der Waals surface area contributed by atoms with Gasteiger partial charge in [0.1, 0.15) is 23.1 Å². The zero-order valence-corrected chi connectivity index (χ0v) is 12.0. The number of benzene rings is 2. The molecule has 0 heterocycles. The van der Waals surface area contributed by atoms with Crippen molar-refractivity contribution in [1.82, 2.24) is 0 Å². The molecule has 4 nitrogen and oxygen atoms in total. The molecule has 0 saturated carbocycles. The van der Waals surface area contributed by atoms with Gasteiger partial charge in [0.25, 0.3) is 0 Å². The molecule has 0 aliphatic heterocycles. The normalized spacial score (nSPS) is 10.1. The van der Waals surface area contributed by atoms with E-state index in [4.69, 9.17) is 14.2 Å². The van der Waals surface area contributed by atoms with Crippen LogP contribution in [-0.2, 0) is 0 Å². The Morgan fingerprint density at radius 3 is 1.90 bits per heavy atom. The van der Waals surface area contributed by atoms with Crippen molar-refractivity contribution < 1.29 is 23.4 Å². The van der Waals surface area contributed by atoms with E-state index in [1.807, 2.05) is 0 Å². The summed E-state index contributed by atoms with van der Waals surface area (Å²) in [5, 5.41) is 0. The molecule has 0 aliphatic rings. The van der Waals surface area contributed by atoms with Crippen molar-refractivity contribution in [3.63, 3.8) is 0 Å². The number of ketones is 1. The van der Waals surface area contributed by atoms with Crippen molar-refractivity contribution in [3.8, 4) is 17.2 Å². The average molecular weight is 290 g/mol. The molecule has 2 rings (SSSR count). The third-order valence-corrected chi connectivity index (χ3v) is 3.03. The second-order valence-corrected chi connectivity index (χ2v) is 4.28. The largest absolute Gasteiger partial charge is 0.497 e. The minimum absolute atomic E-state index is 0.0360. The fourth-order valence-corrected chi connectivity index (χ4v) is 1.90. The summed E-state index contributed by atoms with van der Waals surface area (Å²) in [6, 6.07) is 8.81. The molecule has 2 aromatic carbocycles. The fraction of sp³-hybridized carbons (Fsp3) is 0.188. The summed E-state index contributed by atoms with van der Waals surface area (Å²) in [4.78, 5) is 12.4. The van der Waals surface area contributed by atoms with E-state index >= 15 is 0 Å². The van der Waals surface area contributed by atoms with Crippen molar-refractivity contribution in [2.45, 2.75) is 0 Å². The van der Waals surface area contributed by atoms with Gasteiger partial charge in [0.15, 0.2) is 5.78 Å². The molecule has 0 bridgehead atoms. The van der Waals surface area contributed by atoms with E-state index in [-0.39, 0.29) is 11.1 Å². The van der Waals surface area contributed by atoms with Gasteiger partial charge < -0.3 is 14.2 Å². The SMILES string of the molecule is COc1cc(OC)cc(C(=O)c2ccc(OC)cc2F)c1. The van der Waals surface area contributed by atoms with E-state index in [1.54, 1.807) is 6.07 Å². The van der Waals surface area contributed by atoms with E-state index in [0.29, 0.717) is 17.2 Å². The maximum Gasteiger partial charge on any atom is 0.196 e. The maximum absolute atomic E-state index is 14.0. The van der Waals surface area contributed by atoms with Crippen LogP contribution in [0.15, 0.2) is 36.4 Å². The topological polar surface area (TPSA) is 44.8 Å². The Morgan fingerprint density at radius 1 is 0.857 bits per heavy atom. The van der Waals surface area contributed by atoms with Gasteiger partial charge in [-0.05, 0) is 24.3 Å². The Labute approximate surface area is 122 Å². The molecule has 0 amide bonds. The van der Waals surface area contributed by atoms with Crippen LogP contribution in [0.4, 0.5) is 4.39 Å². The number of halogens is 1. The first-order valence-electron chi connectivity index (χ1n) is 6.20. The Morgan fingerprint density at radius 2 is 1.43 bits per heavy atom. The molecule has 0 aromatic heterocycles. The van der Waals surface area contributed by atoms with Crippen molar-refractivity contribution in [2.24, 2.45) is 0 Å². The summed E-state index contributed by atoms with van der Waals surface area (Å²) in [5.41, 5.74) is 0.251. The lowest BCUT2D eigenvalue weighted by Gasteiger charge is -2.09. The van der Waals surface area contributed by atoms with Gasteiger partial charge in [-0.1, -0.05) is 0 Å². The Bertz CT molecular complexity index is 645. The van der Waals surface area contributed by atoms with E-state index in [1.165, 1.54) is 51.7 Å². The third-order valence-electron chi connectivity index (χ3n) is 3.03. The first-order chi connectivity index (χ1) is 10.1. The number of hydrogen-bond donors (Lipinski definition) is 0. The minimum Gasteiger partial charge on any atom is -0.497 e. The Kier molecular flexibility index (Phi) is 4.42. The van der Waals surface area contributed by atoms with E-state index in [9.17, 15) is 9.18 Å². The molecule has 2 aromatic rings. The second kappa shape index (κ2) is 6.26. The fourth-order valence-electron chi connectivity index (χ4n) is 1.90. The predicted molar refractivity (Wildman–Crippen MR) is 75.9 cm³/mol. The zero-order chi connectivity index (χ0) is 15.4. The summed E-state index contributed by atoms with van der Waals surface area (Å²) >= 11 is 0. The monoisotopic (exact) mass is 290 g/mol. The van der Waals surface area contributed by atoms with Gasteiger partial charge in [-0.25, -0.2) is 4.39 Å². The summed E-state index contributed by atoms with van der Waals surface area (Å²) in [6.45, 7) is 0. The average Bonchev–Trinajstić information content (AvgIpc) is 2.53. The van der Waals surface area contributed by atoms with Gasteiger partial charge in [-0.3, -0.25) is 4.79 Å². The number of methoxy groups -OCH3 is 3. The highest BCUT2D eigenvalue weighted by molar-refractivity contribution is 6.09. The van der Waals surface area contributed by atoms with E-state index in [0.717, 1.165) is 0 Å². The predicted octanol–water partition coefficient (Wildman–Crippen LogP) is 3.08. The number of rotatable bonds is 5. The molecule has 0 aliphatic carbocycles. The molecular formula is C16H15FO4. The van der Waals surface area contributed by atoms with Crippen LogP contribution in [0.3, 0.4) is 0 Å². The smallest absolute Gasteiger partial charge is 0.196 e. The van der Waals surface area contributed by atoms with Crippen LogP contribution in [-0.4, -0.2) is 27.1 Å². The Balaban J connectivity index is 2.44. The van der Waals surface area contributed by atoms with E-state index < -0.39 is 11.6 Å². The van der Waals surface area contributed by atoms with Gasteiger partial charge in [-0.15, -0.1) is 0 Å². The van der Waals surface area contributed by atoms with Crippen LogP contribution >= 0.6 is 0 Å². The third kappa shape index (κ3) is 3.13. The molecule has 21 heavy (non-hydrogen) atoms. The van der Waals surface area contributed by atoms with Crippen molar-refractivity contribution in [2.75, 3.05) is 21.3 Å². The van der Waals surface area contributed by atoms with E-state index in [2.05, 4.69) is 0 Å². The first kappa shape index (κ1) is 14.8. The molecule has 0 radical (unpaired) electrons. The van der Waals surface area contributed by atoms with Crippen LogP contribution in [0.5, 0.6) is 17.2 Å². The molecule has 0 N–H and O–H groups in total. The number of hydrogen-bond acceptors (Lipinski definition) is 4. The minimum atomic E-state index is -0.638. The number of carbonyl (C=O) groups excluding carboxylic acids is 1. The summed E-state index contributed by atoms with van der Waals surface area (Å²) in [6.07, 6.45) is 0. The molecule has 110 valence electrons. The van der Waals surface area contributed by atoms with Crippen LogP contribution < -0.4 is 14.2 Å². The lowest BCUT2D eigenvalue weighted by atomic mass is 10.0. The molecular weight excluding hydrogens is 275 g/mol. The van der Waals surface area contributed by atoms with Crippen LogP contribution in [0.2, 0.25) is 0 Å². The second-order valence-electron chi connectivity index (χ2n) is 4.28. The van der Waals surface area contributed by atoms with Gasteiger partial charge in [0, 0.05) is 17.7 Å². The molecule has 0 saturated heterocycles. The standard InChI is InChI=1S/C16H15FO4/c1-19-11-4-5-14(15(17)9-11)16(18)10-6-12(20-2)8-13(7-10)21-3/h4-9H,1-3H3. The molecule has 0 fully saturated rings. The lowest BCUT2D eigenvalue weighted by Crippen LogP contribution is -2.05. The van der Waals surface area contributed by atoms with Crippen LogP contribution in [0.25, 0.3) is 0 Å². The molecule has 0 atom stereocenters. The molecule has 5 heteroatoms. The van der Waals surface area contributed by atoms with Crippen LogP contribution in [0.1, 0.15) is 15.9 Å². The zero-order valence-electron chi connectivity index (χ0n) is 12.0. The molecule has 0 unspecified atom stereocenters. The highest BCUT2D eigenvalue weighted by Crippen LogP contribution is 2.26. The van der Waals surface area contributed by atoms with Crippen molar-refractivity contribution in [3.05, 3.63) is 53.3 Å². The van der Waals surface area contributed by atoms with Gasteiger partial charge in [0.05, 0.1) is 26.9 Å². The molecule has 0 spiro atoms. The summed E-state index contributed by atoms with van der Waals surface area (Å²) < 4.78 is 29.1. The summed E-state index contributed by atoms with van der Waals surface area (Å²) in [5.74, 6) is 0.194. The number of carbonyl (C=O) groups is 1. The summed E-state index contributed by atoms with van der Waals surface area (Å²) in [7, 11) is 4.40. The van der Waals surface area contributed by atoms with Crippen LogP contribution in [0, 0.1) is 5.82 Å². The first-order valence-corrected chi connectivity index (χ1v) is 6.20. The van der Waals surface area contributed by atoms with Gasteiger partial charge >= 0.3 is 0 Å². The van der Waals surface area contributed by atoms with Crippen molar-refractivity contribution >= 4 is 5.78 Å². The van der Waals surface area contributed by atoms with Gasteiger partial charge in [-0.2, -0.15) is 0 Å². The number of ether oxygens (including phenoxy) is 3. The maximum atomic E-state index is 14.0. The van der Waals surface area contributed by atoms with Gasteiger partial charge in [0.2, 0.25) is 0 Å². The highest BCUT2D eigenvalue weighted by atomic mass is 19.1. The quantitative estimate of drug-likeness (QED) is 0.794. The van der Waals surface area contributed by atoms with Crippen molar-refractivity contribution in [1.29, 1.82) is 0 Å². The Hall–Kier alpha value is -2.56. The highest BCUT2D eigenvalue weighted by Gasteiger charge is 2.16. The lowest BCUT2D eigenvalue weighted by molar-refractivity contribution is 0.103.